The predicted octanol–water partition coefficient (Wildman–Crippen LogP) is 5.27. The molecule has 3 heterocycles. The predicted molar refractivity (Wildman–Crippen MR) is 113 cm³/mol. The molecule has 0 radical (unpaired) electrons. The average molecular weight is 365 g/mol. The van der Waals surface area contributed by atoms with E-state index in [1.54, 1.807) is 0 Å². The molecule has 1 N–H and O–H groups in total. The second-order valence-corrected chi connectivity index (χ2v) is 9.04. The Morgan fingerprint density at radius 3 is 2.70 bits per heavy atom. The zero-order valence-electron chi connectivity index (χ0n) is 17.1. The van der Waals surface area contributed by atoms with Crippen LogP contribution in [0.5, 0.6) is 0 Å². The highest BCUT2D eigenvalue weighted by Gasteiger charge is 2.37. The van der Waals surface area contributed by atoms with Crippen molar-refractivity contribution in [2.24, 2.45) is 5.92 Å². The average Bonchev–Trinajstić information content (AvgIpc) is 3.29. The Morgan fingerprint density at radius 1 is 1.26 bits per heavy atom. The highest BCUT2D eigenvalue weighted by Crippen LogP contribution is 2.42. The van der Waals surface area contributed by atoms with E-state index >= 15 is 0 Å². The minimum Gasteiger partial charge on any atom is -0.368 e. The Morgan fingerprint density at radius 2 is 2.00 bits per heavy atom. The van der Waals surface area contributed by atoms with Crippen molar-refractivity contribution in [3.8, 4) is 0 Å². The zero-order chi connectivity index (χ0) is 19.2. The fourth-order valence-electron chi connectivity index (χ4n) is 4.82. The van der Waals surface area contributed by atoms with Gasteiger partial charge in [0.1, 0.15) is 5.82 Å². The molecule has 0 bridgehead atoms. The molecule has 4 rings (SSSR count). The zero-order valence-corrected chi connectivity index (χ0v) is 17.1. The second kappa shape index (κ2) is 6.74. The van der Waals surface area contributed by atoms with Crippen LogP contribution in [0.15, 0.2) is 43.1 Å². The van der Waals surface area contributed by atoms with Crippen LogP contribution in [0.25, 0.3) is 5.70 Å². The smallest absolute Gasteiger partial charge is 0.134 e. The number of aromatic nitrogens is 2. The van der Waals surface area contributed by atoms with E-state index in [0.29, 0.717) is 12.0 Å². The van der Waals surface area contributed by atoms with Crippen LogP contribution >= 0.6 is 0 Å². The summed E-state index contributed by atoms with van der Waals surface area (Å²) in [5, 5.41) is 8.55. The fourth-order valence-corrected chi connectivity index (χ4v) is 4.82. The summed E-state index contributed by atoms with van der Waals surface area (Å²) in [6.45, 7) is 14.8. The SMILES string of the molecule is C=C(c1cnn2c1NC(c1ccccc1)CC2(C)C)N1CCCC1C(C)C. The second-order valence-electron chi connectivity index (χ2n) is 9.04. The van der Waals surface area contributed by atoms with Gasteiger partial charge in [0.15, 0.2) is 0 Å². The Balaban J connectivity index is 1.68. The number of anilines is 1. The van der Waals surface area contributed by atoms with E-state index < -0.39 is 0 Å². The van der Waals surface area contributed by atoms with Crippen molar-refractivity contribution in [2.75, 3.05) is 11.9 Å². The molecule has 0 spiro atoms. The van der Waals surface area contributed by atoms with Crippen molar-refractivity contribution in [1.29, 1.82) is 0 Å². The summed E-state index contributed by atoms with van der Waals surface area (Å²) in [6, 6.07) is 11.6. The fraction of sp³-hybridized carbons (Fsp3) is 0.522. The maximum absolute atomic E-state index is 4.77. The first kappa shape index (κ1) is 18.1. The van der Waals surface area contributed by atoms with Gasteiger partial charge in [-0.25, -0.2) is 4.68 Å². The molecule has 2 unspecified atom stereocenters. The topological polar surface area (TPSA) is 33.1 Å². The van der Waals surface area contributed by atoms with Crippen molar-refractivity contribution < 1.29 is 0 Å². The Bertz CT molecular complexity index is 818. The summed E-state index contributed by atoms with van der Waals surface area (Å²) in [5.74, 6) is 1.75. The van der Waals surface area contributed by atoms with Gasteiger partial charge in [-0.15, -0.1) is 0 Å². The first-order chi connectivity index (χ1) is 12.9. The summed E-state index contributed by atoms with van der Waals surface area (Å²) in [4.78, 5) is 2.50. The van der Waals surface area contributed by atoms with E-state index in [4.69, 9.17) is 5.10 Å². The molecule has 4 heteroatoms. The lowest BCUT2D eigenvalue weighted by Gasteiger charge is -2.39. The summed E-state index contributed by atoms with van der Waals surface area (Å²) >= 11 is 0. The molecule has 1 fully saturated rings. The summed E-state index contributed by atoms with van der Waals surface area (Å²) in [5.41, 5.74) is 3.55. The van der Waals surface area contributed by atoms with Gasteiger partial charge in [-0.1, -0.05) is 50.8 Å². The third-order valence-electron chi connectivity index (χ3n) is 6.29. The van der Waals surface area contributed by atoms with Crippen LogP contribution in [0.2, 0.25) is 0 Å². The first-order valence-electron chi connectivity index (χ1n) is 10.2. The van der Waals surface area contributed by atoms with Gasteiger partial charge in [0.25, 0.3) is 0 Å². The van der Waals surface area contributed by atoms with Crippen LogP contribution < -0.4 is 5.32 Å². The number of fused-ring (bicyclic) bond motifs is 1. The monoisotopic (exact) mass is 364 g/mol. The van der Waals surface area contributed by atoms with Crippen LogP contribution in [0.3, 0.4) is 0 Å². The number of nitrogens with zero attached hydrogens (tertiary/aromatic N) is 3. The minimum atomic E-state index is -0.0396. The maximum Gasteiger partial charge on any atom is 0.134 e. The molecule has 0 saturated carbocycles. The van der Waals surface area contributed by atoms with Crippen LogP contribution in [0.1, 0.15) is 64.1 Å². The van der Waals surface area contributed by atoms with Crippen molar-refractivity contribution in [2.45, 2.75) is 64.6 Å². The van der Waals surface area contributed by atoms with Gasteiger partial charge in [-0.3, -0.25) is 0 Å². The number of hydrogen-bond acceptors (Lipinski definition) is 3. The molecule has 1 saturated heterocycles. The first-order valence-corrected chi connectivity index (χ1v) is 10.2. The lowest BCUT2D eigenvalue weighted by atomic mass is 9.89. The highest BCUT2D eigenvalue weighted by atomic mass is 15.4. The van der Waals surface area contributed by atoms with Gasteiger partial charge >= 0.3 is 0 Å². The molecule has 0 amide bonds. The molecule has 144 valence electrons. The van der Waals surface area contributed by atoms with E-state index in [-0.39, 0.29) is 11.6 Å². The highest BCUT2D eigenvalue weighted by molar-refractivity contribution is 5.73. The van der Waals surface area contributed by atoms with Crippen LogP contribution in [-0.4, -0.2) is 27.3 Å². The molecule has 4 nitrogen and oxygen atoms in total. The Kier molecular flexibility index (Phi) is 4.53. The van der Waals surface area contributed by atoms with Gasteiger partial charge in [-0.2, -0.15) is 5.10 Å². The van der Waals surface area contributed by atoms with E-state index in [2.05, 4.69) is 79.5 Å². The standard InChI is InChI=1S/C23H32N4/c1-16(2)21-12-9-13-26(21)17(3)19-15-24-27-22(19)25-20(14-23(27,4)5)18-10-7-6-8-11-18/h6-8,10-11,15-16,20-21,25H,3,9,12-14H2,1-2,4-5H3. The number of hydrogen-bond donors (Lipinski definition) is 1. The third-order valence-corrected chi connectivity index (χ3v) is 6.29. The van der Waals surface area contributed by atoms with Crippen molar-refractivity contribution in [1.82, 2.24) is 14.7 Å². The van der Waals surface area contributed by atoms with E-state index in [1.165, 1.54) is 18.4 Å². The van der Waals surface area contributed by atoms with Gasteiger partial charge < -0.3 is 10.2 Å². The van der Waals surface area contributed by atoms with E-state index in [0.717, 1.165) is 30.0 Å². The quantitative estimate of drug-likeness (QED) is 0.802. The van der Waals surface area contributed by atoms with Crippen molar-refractivity contribution in [3.63, 3.8) is 0 Å². The number of likely N-dealkylation sites (tertiary alicyclic amines) is 1. The number of rotatable bonds is 4. The van der Waals surface area contributed by atoms with Gasteiger partial charge in [0.2, 0.25) is 0 Å². The molecule has 2 aliphatic rings. The summed E-state index contributed by atoms with van der Waals surface area (Å²) in [6.07, 6.45) is 5.52. The minimum absolute atomic E-state index is 0.0396. The van der Waals surface area contributed by atoms with Gasteiger partial charge in [0.05, 0.1) is 23.3 Å². The summed E-state index contributed by atoms with van der Waals surface area (Å²) in [7, 11) is 0. The van der Waals surface area contributed by atoms with Gasteiger partial charge in [0, 0.05) is 18.3 Å². The van der Waals surface area contributed by atoms with Crippen molar-refractivity contribution in [3.05, 3.63) is 54.2 Å². The van der Waals surface area contributed by atoms with Crippen LogP contribution in [-0.2, 0) is 5.54 Å². The van der Waals surface area contributed by atoms with Crippen molar-refractivity contribution >= 4 is 11.5 Å². The number of nitrogens with one attached hydrogen (secondary N) is 1. The van der Waals surface area contributed by atoms with Crippen LogP contribution in [0.4, 0.5) is 5.82 Å². The van der Waals surface area contributed by atoms with Gasteiger partial charge in [-0.05, 0) is 44.6 Å². The molecule has 1 aromatic heterocycles. The van der Waals surface area contributed by atoms with E-state index in [9.17, 15) is 0 Å². The maximum atomic E-state index is 4.77. The molecule has 2 atom stereocenters. The number of benzene rings is 1. The molecule has 2 aliphatic heterocycles. The molecular formula is C23H32N4. The molecule has 27 heavy (non-hydrogen) atoms. The third kappa shape index (κ3) is 3.15. The Labute approximate surface area is 163 Å². The molecule has 1 aromatic carbocycles. The Hall–Kier alpha value is -2.23. The normalized spacial score (nSPS) is 24.0. The summed E-state index contributed by atoms with van der Waals surface area (Å²) < 4.78 is 2.16. The molecule has 0 aliphatic carbocycles. The van der Waals surface area contributed by atoms with Crippen LogP contribution in [0, 0.1) is 5.92 Å². The molecular weight excluding hydrogens is 332 g/mol. The molecule has 2 aromatic rings. The largest absolute Gasteiger partial charge is 0.368 e. The van der Waals surface area contributed by atoms with E-state index in [1.807, 2.05) is 6.20 Å². The lowest BCUT2D eigenvalue weighted by molar-refractivity contribution is 0.263. The lowest BCUT2D eigenvalue weighted by Crippen LogP contribution is -2.38.